The molecular formula is C24H22N2O4. The number of aryl methyl sites for hydroxylation is 1. The van der Waals surface area contributed by atoms with Crippen molar-refractivity contribution < 1.29 is 18.7 Å². The van der Waals surface area contributed by atoms with Gasteiger partial charge in [0.1, 0.15) is 5.76 Å². The number of hydrogen-bond donors (Lipinski definition) is 0. The fraction of sp³-hybridized carbons (Fsp3) is 0.292. The minimum Gasteiger partial charge on any atom is -0.451 e. The molecule has 1 saturated carbocycles. The second-order valence-electron chi connectivity index (χ2n) is 7.73. The zero-order chi connectivity index (χ0) is 20.5. The second kappa shape index (κ2) is 7.78. The highest BCUT2D eigenvalue weighted by Crippen LogP contribution is 2.43. The molecule has 3 aromatic rings. The predicted octanol–water partition coefficient (Wildman–Crippen LogP) is 4.36. The van der Waals surface area contributed by atoms with Crippen molar-refractivity contribution >= 4 is 17.6 Å². The number of aromatic nitrogens is 1. The highest BCUT2D eigenvalue weighted by molar-refractivity contribution is 5.98. The van der Waals surface area contributed by atoms with Gasteiger partial charge < -0.3 is 14.1 Å². The number of oxazole rings is 1. The first kappa shape index (κ1) is 18.6. The van der Waals surface area contributed by atoms with E-state index in [1.807, 2.05) is 54.6 Å². The molecule has 0 radical (unpaired) electrons. The summed E-state index contributed by atoms with van der Waals surface area (Å²) in [6.45, 7) is 0.313. The summed E-state index contributed by atoms with van der Waals surface area (Å²) in [6, 6.07) is 17.3. The van der Waals surface area contributed by atoms with Gasteiger partial charge in [-0.3, -0.25) is 4.79 Å². The fourth-order valence-corrected chi connectivity index (χ4v) is 3.87. The van der Waals surface area contributed by atoms with Gasteiger partial charge in [0, 0.05) is 23.7 Å². The molecular weight excluding hydrogens is 380 g/mol. The Bertz CT molecular complexity index is 1090. The monoisotopic (exact) mass is 402 g/mol. The first-order chi connectivity index (χ1) is 14.7. The number of carbonyl (C=O) groups is 2. The van der Waals surface area contributed by atoms with Crippen LogP contribution in [0, 0.1) is 0 Å². The molecule has 0 bridgehead atoms. The van der Waals surface area contributed by atoms with Crippen molar-refractivity contribution in [1.82, 2.24) is 4.98 Å². The van der Waals surface area contributed by atoms with Crippen LogP contribution in [-0.2, 0) is 16.0 Å². The molecule has 5 rings (SSSR count). The smallest absolute Gasteiger partial charge is 0.361 e. The summed E-state index contributed by atoms with van der Waals surface area (Å²) >= 11 is 0. The topological polar surface area (TPSA) is 72.6 Å². The van der Waals surface area contributed by atoms with E-state index in [1.165, 1.54) is 0 Å². The minimum atomic E-state index is -0.610. The van der Waals surface area contributed by atoms with Gasteiger partial charge in [-0.2, -0.15) is 0 Å². The van der Waals surface area contributed by atoms with E-state index in [4.69, 9.17) is 9.15 Å². The molecule has 0 unspecified atom stereocenters. The lowest BCUT2D eigenvalue weighted by Crippen LogP contribution is -2.38. The average molecular weight is 402 g/mol. The summed E-state index contributed by atoms with van der Waals surface area (Å²) in [5.74, 6) is 0.328. The van der Waals surface area contributed by atoms with Crippen LogP contribution in [0.2, 0.25) is 0 Å². The third-order valence-electron chi connectivity index (χ3n) is 5.55. The highest BCUT2D eigenvalue weighted by atomic mass is 16.5. The predicted molar refractivity (Wildman–Crippen MR) is 111 cm³/mol. The van der Waals surface area contributed by atoms with Crippen LogP contribution < -0.4 is 4.90 Å². The van der Waals surface area contributed by atoms with Crippen molar-refractivity contribution in [3.8, 4) is 11.5 Å². The summed E-state index contributed by atoms with van der Waals surface area (Å²) < 4.78 is 11.3. The van der Waals surface area contributed by atoms with Crippen LogP contribution in [0.15, 0.2) is 59.0 Å². The van der Waals surface area contributed by atoms with E-state index in [1.54, 1.807) is 4.90 Å². The number of hydrogen-bond acceptors (Lipinski definition) is 5. The lowest BCUT2D eigenvalue weighted by atomic mass is 10.0. The van der Waals surface area contributed by atoms with E-state index in [9.17, 15) is 9.59 Å². The quantitative estimate of drug-likeness (QED) is 0.593. The average Bonchev–Trinajstić information content (AvgIpc) is 3.55. The van der Waals surface area contributed by atoms with Crippen LogP contribution in [0.4, 0.5) is 5.69 Å². The lowest BCUT2D eigenvalue weighted by Gasteiger charge is -2.29. The Hall–Kier alpha value is -3.41. The molecule has 0 N–H and O–H groups in total. The molecule has 6 heteroatoms. The fourth-order valence-electron chi connectivity index (χ4n) is 3.87. The third kappa shape index (κ3) is 3.61. The Morgan fingerprint density at radius 3 is 2.63 bits per heavy atom. The number of benzene rings is 2. The number of nitrogens with zero attached hydrogens (tertiary/aromatic N) is 2. The number of amides is 1. The molecule has 1 aliphatic heterocycles. The molecule has 0 saturated heterocycles. The number of fused-ring (bicyclic) bond motifs is 1. The Morgan fingerprint density at radius 2 is 1.83 bits per heavy atom. The largest absolute Gasteiger partial charge is 0.451 e. The van der Waals surface area contributed by atoms with Crippen molar-refractivity contribution in [1.29, 1.82) is 0 Å². The van der Waals surface area contributed by atoms with Crippen molar-refractivity contribution in [3.05, 3.63) is 71.6 Å². The van der Waals surface area contributed by atoms with E-state index in [0.29, 0.717) is 18.2 Å². The maximum absolute atomic E-state index is 12.8. The Morgan fingerprint density at radius 1 is 1.07 bits per heavy atom. The first-order valence-corrected chi connectivity index (χ1v) is 10.3. The summed E-state index contributed by atoms with van der Waals surface area (Å²) in [5.41, 5.74) is 3.03. The van der Waals surface area contributed by atoms with Gasteiger partial charge in [-0.05, 0) is 49.4 Å². The maximum atomic E-state index is 12.8. The minimum absolute atomic E-state index is 0.184. The Labute approximate surface area is 174 Å². The zero-order valence-corrected chi connectivity index (χ0v) is 16.5. The van der Waals surface area contributed by atoms with Crippen LogP contribution in [0.3, 0.4) is 0 Å². The number of anilines is 1. The molecule has 1 aliphatic carbocycles. The zero-order valence-electron chi connectivity index (χ0n) is 16.5. The normalized spacial score (nSPS) is 15.5. The van der Waals surface area contributed by atoms with Gasteiger partial charge in [0.25, 0.3) is 5.91 Å². The molecule has 152 valence electrons. The molecule has 0 spiro atoms. The van der Waals surface area contributed by atoms with Gasteiger partial charge in [0.15, 0.2) is 12.3 Å². The van der Waals surface area contributed by atoms with Crippen LogP contribution in [0.1, 0.15) is 47.0 Å². The number of carbonyl (C=O) groups excluding carboxylic acids is 2. The number of rotatable bonds is 5. The molecule has 1 aromatic heterocycles. The number of esters is 1. The third-order valence-corrected chi connectivity index (χ3v) is 5.55. The van der Waals surface area contributed by atoms with Gasteiger partial charge in [-0.15, -0.1) is 0 Å². The molecule has 1 amide bonds. The Balaban J connectivity index is 1.32. The lowest BCUT2D eigenvalue weighted by molar-refractivity contribution is -0.121. The number of para-hydroxylation sites is 1. The van der Waals surface area contributed by atoms with Gasteiger partial charge >= 0.3 is 5.97 Å². The summed E-state index contributed by atoms with van der Waals surface area (Å²) in [6.07, 6.45) is 3.78. The standard InChI is InChI=1S/C24H22N2O4/c27-20(26-14-6-10-16-7-4-5-11-19(16)26)15-29-24(28)21-22(17-12-13-17)30-23(25-21)18-8-2-1-3-9-18/h1-5,7-9,11,17H,6,10,12-15H2. The van der Waals surface area contributed by atoms with Crippen LogP contribution in [0.5, 0.6) is 0 Å². The van der Waals surface area contributed by atoms with Gasteiger partial charge in [-0.25, -0.2) is 9.78 Å². The van der Waals surface area contributed by atoms with E-state index in [0.717, 1.165) is 42.5 Å². The van der Waals surface area contributed by atoms with Crippen molar-refractivity contribution in [2.75, 3.05) is 18.1 Å². The van der Waals surface area contributed by atoms with Crippen LogP contribution in [-0.4, -0.2) is 30.0 Å². The molecule has 6 nitrogen and oxygen atoms in total. The van der Waals surface area contributed by atoms with E-state index < -0.39 is 5.97 Å². The molecule has 1 fully saturated rings. The maximum Gasteiger partial charge on any atom is 0.361 e. The van der Waals surface area contributed by atoms with Crippen LogP contribution >= 0.6 is 0 Å². The van der Waals surface area contributed by atoms with Gasteiger partial charge in [0.2, 0.25) is 5.89 Å². The van der Waals surface area contributed by atoms with Gasteiger partial charge in [0.05, 0.1) is 0 Å². The SMILES string of the molecule is O=C(OCC(=O)N1CCCc2ccccc21)c1nc(-c2ccccc2)oc1C1CC1. The molecule has 2 heterocycles. The van der Waals surface area contributed by atoms with E-state index >= 15 is 0 Å². The highest BCUT2D eigenvalue weighted by Gasteiger charge is 2.35. The first-order valence-electron chi connectivity index (χ1n) is 10.3. The van der Waals surface area contributed by atoms with Crippen molar-refractivity contribution in [2.45, 2.75) is 31.6 Å². The van der Waals surface area contributed by atoms with Crippen molar-refractivity contribution in [3.63, 3.8) is 0 Å². The summed E-state index contributed by atoms with van der Waals surface area (Å²) in [7, 11) is 0. The van der Waals surface area contributed by atoms with Crippen LogP contribution in [0.25, 0.3) is 11.5 Å². The Kier molecular flexibility index (Phi) is 4.83. The molecule has 2 aliphatic rings. The second-order valence-corrected chi connectivity index (χ2v) is 7.73. The molecule has 30 heavy (non-hydrogen) atoms. The van der Waals surface area contributed by atoms with Gasteiger partial charge in [-0.1, -0.05) is 36.4 Å². The van der Waals surface area contributed by atoms with E-state index in [2.05, 4.69) is 4.98 Å². The molecule has 2 aromatic carbocycles. The van der Waals surface area contributed by atoms with Crippen molar-refractivity contribution in [2.24, 2.45) is 0 Å². The summed E-state index contributed by atoms with van der Waals surface area (Å²) in [4.78, 5) is 31.6. The summed E-state index contributed by atoms with van der Waals surface area (Å²) in [5, 5.41) is 0. The molecule has 0 atom stereocenters. The van der Waals surface area contributed by atoms with E-state index in [-0.39, 0.29) is 24.1 Å². The number of ether oxygens (including phenoxy) is 1.